The number of halogens is 1. The summed E-state index contributed by atoms with van der Waals surface area (Å²) in [5, 5.41) is 0. The Morgan fingerprint density at radius 2 is 2.05 bits per heavy atom. The van der Waals surface area contributed by atoms with Gasteiger partial charge in [-0.3, -0.25) is 4.90 Å². The molecule has 1 aromatic carbocycles. The number of rotatable bonds is 4. The minimum absolute atomic E-state index is 0.138. The highest BCUT2D eigenvalue weighted by molar-refractivity contribution is 5.20. The molecule has 19 heavy (non-hydrogen) atoms. The van der Waals surface area contributed by atoms with Gasteiger partial charge in [-0.2, -0.15) is 0 Å². The van der Waals surface area contributed by atoms with Crippen molar-refractivity contribution in [2.45, 2.75) is 45.2 Å². The Balaban J connectivity index is 2.03. The molecule has 1 heterocycles. The lowest BCUT2D eigenvalue weighted by Gasteiger charge is -2.38. The number of nitrogens with two attached hydrogens (primary N) is 1. The first kappa shape index (κ1) is 14.5. The van der Waals surface area contributed by atoms with Crippen LogP contribution >= 0.6 is 0 Å². The van der Waals surface area contributed by atoms with Crippen molar-refractivity contribution >= 4 is 0 Å². The lowest BCUT2D eigenvalue weighted by atomic mass is 9.89. The lowest BCUT2D eigenvalue weighted by molar-refractivity contribution is 0.121. The van der Waals surface area contributed by atoms with Crippen LogP contribution in [0, 0.1) is 11.7 Å². The molecule has 2 N–H and O–H groups in total. The van der Waals surface area contributed by atoms with E-state index in [1.54, 1.807) is 6.07 Å². The van der Waals surface area contributed by atoms with Gasteiger partial charge in [-0.15, -0.1) is 0 Å². The minimum Gasteiger partial charge on any atom is -0.328 e. The Morgan fingerprint density at radius 1 is 1.37 bits per heavy atom. The Hall–Kier alpha value is -0.930. The fourth-order valence-electron chi connectivity index (χ4n) is 3.18. The normalized spacial score (nSPS) is 21.3. The van der Waals surface area contributed by atoms with Gasteiger partial charge < -0.3 is 5.73 Å². The van der Waals surface area contributed by atoms with Crippen molar-refractivity contribution < 1.29 is 4.39 Å². The average molecular weight is 264 g/mol. The van der Waals surface area contributed by atoms with Crippen molar-refractivity contribution in [3.8, 4) is 0 Å². The van der Waals surface area contributed by atoms with E-state index < -0.39 is 0 Å². The summed E-state index contributed by atoms with van der Waals surface area (Å²) in [6.45, 7) is 6.42. The summed E-state index contributed by atoms with van der Waals surface area (Å²) < 4.78 is 13.4. The van der Waals surface area contributed by atoms with Crippen molar-refractivity contribution in [3.63, 3.8) is 0 Å². The molecule has 0 radical (unpaired) electrons. The van der Waals surface area contributed by atoms with E-state index in [1.165, 1.54) is 6.07 Å². The topological polar surface area (TPSA) is 29.3 Å². The number of piperidine rings is 1. The van der Waals surface area contributed by atoms with Crippen LogP contribution < -0.4 is 5.73 Å². The van der Waals surface area contributed by atoms with Gasteiger partial charge >= 0.3 is 0 Å². The molecule has 3 heteroatoms. The van der Waals surface area contributed by atoms with E-state index in [2.05, 4.69) is 18.7 Å². The van der Waals surface area contributed by atoms with Crippen LogP contribution in [-0.2, 0) is 0 Å². The zero-order valence-corrected chi connectivity index (χ0v) is 12.0. The summed E-state index contributed by atoms with van der Waals surface area (Å²) in [4.78, 5) is 2.48. The van der Waals surface area contributed by atoms with Gasteiger partial charge in [0.25, 0.3) is 0 Å². The molecule has 1 aliphatic rings. The molecule has 1 saturated heterocycles. The maximum absolute atomic E-state index is 13.4. The molecule has 1 aromatic rings. The van der Waals surface area contributed by atoms with Gasteiger partial charge in [0.2, 0.25) is 0 Å². The molecule has 106 valence electrons. The Bertz CT molecular complexity index is 397. The fraction of sp³-hybridized carbons (Fsp3) is 0.625. The van der Waals surface area contributed by atoms with E-state index in [9.17, 15) is 4.39 Å². The summed E-state index contributed by atoms with van der Waals surface area (Å²) in [6.07, 6.45) is 3.33. The van der Waals surface area contributed by atoms with Gasteiger partial charge in [0.1, 0.15) is 5.82 Å². The number of nitrogens with zero attached hydrogens (tertiary/aromatic N) is 1. The van der Waals surface area contributed by atoms with Gasteiger partial charge in [0.05, 0.1) is 0 Å². The van der Waals surface area contributed by atoms with Crippen molar-refractivity contribution in [1.29, 1.82) is 0 Å². The lowest BCUT2D eigenvalue weighted by Crippen LogP contribution is -2.41. The molecular weight excluding hydrogens is 239 g/mol. The van der Waals surface area contributed by atoms with Crippen LogP contribution in [0.1, 0.15) is 44.7 Å². The first-order valence-corrected chi connectivity index (χ1v) is 7.37. The highest BCUT2D eigenvalue weighted by Gasteiger charge is 2.26. The van der Waals surface area contributed by atoms with E-state index in [-0.39, 0.29) is 11.9 Å². The molecule has 0 amide bonds. The maximum Gasteiger partial charge on any atom is 0.123 e. The fourth-order valence-corrected chi connectivity index (χ4v) is 3.18. The second-order valence-corrected chi connectivity index (χ2v) is 5.71. The van der Waals surface area contributed by atoms with Crippen LogP contribution in [0.5, 0.6) is 0 Å². The smallest absolute Gasteiger partial charge is 0.123 e. The third kappa shape index (κ3) is 3.54. The standard InChI is InChI=1S/C16H25FN2/c1-3-16(14-5-4-6-15(17)11-14)19-9-7-13(8-10-19)12(2)18/h4-6,11-13,16H,3,7-10,18H2,1-2H3. The summed E-state index contributed by atoms with van der Waals surface area (Å²) in [5.41, 5.74) is 7.08. The predicted octanol–water partition coefficient (Wildman–Crippen LogP) is 3.34. The number of likely N-dealkylation sites (tertiary alicyclic amines) is 1. The average Bonchev–Trinajstić information content (AvgIpc) is 2.40. The highest BCUT2D eigenvalue weighted by Crippen LogP contribution is 2.30. The zero-order valence-electron chi connectivity index (χ0n) is 12.0. The van der Waals surface area contributed by atoms with Crippen LogP contribution in [0.4, 0.5) is 4.39 Å². The minimum atomic E-state index is -0.138. The van der Waals surface area contributed by atoms with Crippen molar-refractivity contribution in [2.75, 3.05) is 13.1 Å². The second-order valence-electron chi connectivity index (χ2n) is 5.71. The van der Waals surface area contributed by atoms with Crippen molar-refractivity contribution in [3.05, 3.63) is 35.6 Å². The monoisotopic (exact) mass is 264 g/mol. The Labute approximate surface area is 115 Å². The molecular formula is C16H25FN2. The van der Waals surface area contributed by atoms with Gasteiger partial charge in [-0.05, 0) is 62.9 Å². The first-order valence-electron chi connectivity index (χ1n) is 7.37. The Morgan fingerprint density at radius 3 is 2.58 bits per heavy atom. The van der Waals surface area contributed by atoms with E-state index in [1.807, 2.05) is 12.1 Å². The third-order valence-electron chi connectivity index (χ3n) is 4.38. The first-order chi connectivity index (χ1) is 9.11. The van der Waals surface area contributed by atoms with Crippen molar-refractivity contribution in [1.82, 2.24) is 4.90 Å². The van der Waals surface area contributed by atoms with E-state index in [0.29, 0.717) is 12.0 Å². The quantitative estimate of drug-likeness (QED) is 0.903. The molecule has 1 aliphatic heterocycles. The van der Waals surface area contributed by atoms with E-state index >= 15 is 0 Å². The van der Waals surface area contributed by atoms with Gasteiger partial charge in [-0.1, -0.05) is 19.1 Å². The predicted molar refractivity (Wildman–Crippen MR) is 77.4 cm³/mol. The molecule has 0 aliphatic carbocycles. The van der Waals surface area contributed by atoms with E-state index in [0.717, 1.165) is 37.9 Å². The SMILES string of the molecule is CCC(c1cccc(F)c1)N1CCC(C(C)N)CC1. The van der Waals surface area contributed by atoms with Crippen molar-refractivity contribution in [2.24, 2.45) is 11.7 Å². The van der Waals surface area contributed by atoms with Crippen LogP contribution in [0.3, 0.4) is 0 Å². The zero-order chi connectivity index (χ0) is 13.8. The number of hydrogen-bond donors (Lipinski definition) is 1. The van der Waals surface area contributed by atoms with Crippen LogP contribution in [0.15, 0.2) is 24.3 Å². The Kier molecular flexibility index (Phi) is 4.94. The molecule has 0 bridgehead atoms. The molecule has 2 rings (SSSR count). The molecule has 0 aromatic heterocycles. The molecule has 1 fully saturated rings. The van der Waals surface area contributed by atoms with Gasteiger partial charge in [0, 0.05) is 12.1 Å². The van der Waals surface area contributed by atoms with Gasteiger partial charge in [0.15, 0.2) is 0 Å². The molecule has 0 saturated carbocycles. The van der Waals surface area contributed by atoms with Crippen LogP contribution in [0.2, 0.25) is 0 Å². The maximum atomic E-state index is 13.4. The molecule has 0 spiro atoms. The summed E-state index contributed by atoms with van der Waals surface area (Å²) in [7, 11) is 0. The summed E-state index contributed by atoms with van der Waals surface area (Å²) in [6, 6.07) is 7.66. The molecule has 2 unspecified atom stereocenters. The number of hydrogen-bond acceptors (Lipinski definition) is 2. The highest BCUT2D eigenvalue weighted by atomic mass is 19.1. The van der Waals surface area contributed by atoms with Gasteiger partial charge in [-0.25, -0.2) is 4.39 Å². The molecule has 2 atom stereocenters. The molecule has 2 nitrogen and oxygen atoms in total. The van der Waals surface area contributed by atoms with E-state index in [4.69, 9.17) is 5.73 Å². The van der Waals surface area contributed by atoms with Crippen LogP contribution in [0.25, 0.3) is 0 Å². The summed E-state index contributed by atoms with van der Waals surface area (Å²) in [5.74, 6) is 0.502. The number of benzene rings is 1. The third-order valence-corrected chi connectivity index (χ3v) is 4.38. The van der Waals surface area contributed by atoms with Crippen LogP contribution in [-0.4, -0.2) is 24.0 Å². The largest absolute Gasteiger partial charge is 0.328 e. The second kappa shape index (κ2) is 6.49. The summed E-state index contributed by atoms with van der Waals surface area (Å²) >= 11 is 0.